The Kier molecular flexibility index (Phi) is 8.40. The van der Waals surface area contributed by atoms with Gasteiger partial charge in [0.25, 0.3) is 0 Å². The number of likely N-dealkylation sites (tertiary alicyclic amines) is 1. The van der Waals surface area contributed by atoms with Crippen LogP contribution in [-0.4, -0.2) is 60.4 Å². The lowest BCUT2D eigenvalue weighted by Gasteiger charge is -2.45. The molecule has 1 aromatic rings. The third-order valence-corrected chi connectivity index (χ3v) is 7.59. The molecule has 172 valence electrons. The van der Waals surface area contributed by atoms with E-state index in [2.05, 4.69) is 43.4 Å². The second kappa shape index (κ2) is 10.8. The molecule has 1 aliphatic carbocycles. The van der Waals surface area contributed by atoms with Crippen molar-refractivity contribution < 1.29 is 9.59 Å². The van der Waals surface area contributed by atoms with E-state index in [1.54, 1.807) is 0 Å². The fourth-order valence-corrected chi connectivity index (χ4v) is 5.26. The van der Waals surface area contributed by atoms with Gasteiger partial charge in [0.05, 0.1) is 0 Å². The van der Waals surface area contributed by atoms with Crippen LogP contribution >= 0.6 is 11.6 Å². The maximum atomic E-state index is 12.5. The summed E-state index contributed by atoms with van der Waals surface area (Å²) in [7, 11) is 4.30. The van der Waals surface area contributed by atoms with Crippen molar-refractivity contribution in [2.75, 3.05) is 27.2 Å². The molecule has 5 nitrogen and oxygen atoms in total. The Morgan fingerprint density at radius 1 is 1.13 bits per heavy atom. The lowest BCUT2D eigenvalue weighted by Crippen LogP contribution is -2.52. The van der Waals surface area contributed by atoms with Crippen LogP contribution in [0.1, 0.15) is 63.9 Å². The number of nitrogens with one attached hydrogen (secondary N) is 1. The maximum Gasteiger partial charge on any atom is 0.223 e. The van der Waals surface area contributed by atoms with Crippen LogP contribution in [0.4, 0.5) is 0 Å². The molecular weight excluding hydrogens is 410 g/mol. The van der Waals surface area contributed by atoms with E-state index >= 15 is 0 Å². The van der Waals surface area contributed by atoms with Gasteiger partial charge in [-0.1, -0.05) is 30.7 Å². The van der Waals surface area contributed by atoms with Crippen molar-refractivity contribution in [3.63, 3.8) is 0 Å². The zero-order valence-corrected chi connectivity index (χ0v) is 20.1. The number of likely N-dealkylation sites (N-methyl/N-ethyl adjacent to an activating group) is 1. The Balaban J connectivity index is 1.44. The Hall–Kier alpha value is -1.59. The van der Waals surface area contributed by atoms with Crippen LogP contribution in [-0.2, 0) is 16.0 Å². The Morgan fingerprint density at radius 2 is 1.81 bits per heavy atom. The van der Waals surface area contributed by atoms with Gasteiger partial charge in [0, 0.05) is 42.5 Å². The number of benzene rings is 1. The monoisotopic (exact) mass is 447 g/mol. The van der Waals surface area contributed by atoms with Gasteiger partial charge in [-0.05, 0) is 82.7 Å². The van der Waals surface area contributed by atoms with Gasteiger partial charge >= 0.3 is 0 Å². The summed E-state index contributed by atoms with van der Waals surface area (Å²) >= 11 is 6.19. The summed E-state index contributed by atoms with van der Waals surface area (Å²) in [6.45, 7) is 3.91. The van der Waals surface area contributed by atoms with Gasteiger partial charge in [-0.3, -0.25) is 9.59 Å². The Morgan fingerprint density at radius 3 is 2.42 bits per heavy atom. The summed E-state index contributed by atoms with van der Waals surface area (Å²) in [6, 6.07) is 8.33. The summed E-state index contributed by atoms with van der Waals surface area (Å²) in [5.74, 6) is 0.835. The molecule has 1 aliphatic heterocycles. The standard InChI is InChI=1S/C25H38ClN3O2/c1-19-11-15-29(16-12-19)24(31)8-7-23(30)27-22-9-13-25(14-10-22,28(2)3)18-20-5-4-6-21(26)17-20/h4-6,17,19,22H,7-16,18H2,1-3H3,(H,27,30). The molecule has 3 rings (SSSR count). The number of amides is 2. The molecule has 2 amide bonds. The molecule has 6 heteroatoms. The summed E-state index contributed by atoms with van der Waals surface area (Å²) in [5.41, 5.74) is 1.35. The van der Waals surface area contributed by atoms with Gasteiger partial charge in [-0.2, -0.15) is 0 Å². The topological polar surface area (TPSA) is 52.7 Å². The minimum absolute atomic E-state index is 0.0101. The number of hydrogen-bond acceptors (Lipinski definition) is 3. The molecule has 1 saturated carbocycles. The largest absolute Gasteiger partial charge is 0.353 e. The molecule has 31 heavy (non-hydrogen) atoms. The first kappa shape index (κ1) is 24.1. The highest BCUT2D eigenvalue weighted by molar-refractivity contribution is 6.30. The SMILES string of the molecule is CC1CCN(C(=O)CCC(=O)NC2CCC(Cc3cccc(Cl)c3)(N(C)C)CC2)CC1. The third-order valence-electron chi connectivity index (χ3n) is 7.35. The second-order valence-electron chi connectivity index (χ2n) is 9.83. The van der Waals surface area contributed by atoms with Crippen molar-refractivity contribution in [3.05, 3.63) is 34.9 Å². The van der Waals surface area contributed by atoms with E-state index in [1.165, 1.54) is 5.56 Å². The predicted octanol–water partition coefficient (Wildman–Crippen LogP) is 4.28. The number of carbonyl (C=O) groups excluding carboxylic acids is 2. The first-order chi connectivity index (χ1) is 14.8. The summed E-state index contributed by atoms with van der Waals surface area (Å²) in [4.78, 5) is 29.1. The van der Waals surface area contributed by atoms with Crippen LogP contribution in [0.15, 0.2) is 24.3 Å². The normalized spacial score (nSPS) is 24.9. The summed E-state index contributed by atoms with van der Waals surface area (Å²) in [6.07, 6.45) is 7.71. The number of rotatable bonds is 7. The zero-order valence-electron chi connectivity index (χ0n) is 19.3. The first-order valence-electron chi connectivity index (χ1n) is 11.8. The lowest BCUT2D eigenvalue weighted by molar-refractivity contribution is -0.135. The average Bonchev–Trinajstić information content (AvgIpc) is 2.74. The van der Waals surface area contributed by atoms with Crippen molar-refractivity contribution >= 4 is 23.4 Å². The second-order valence-corrected chi connectivity index (χ2v) is 10.3. The molecule has 0 radical (unpaired) electrons. The molecule has 0 atom stereocenters. The van der Waals surface area contributed by atoms with E-state index < -0.39 is 0 Å². The number of nitrogens with zero attached hydrogens (tertiary/aromatic N) is 2. The third kappa shape index (κ3) is 6.69. The molecule has 2 aliphatic rings. The fraction of sp³-hybridized carbons (Fsp3) is 0.680. The molecule has 0 bridgehead atoms. The van der Waals surface area contributed by atoms with Crippen LogP contribution in [0.25, 0.3) is 0 Å². The van der Waals surface area contributed by atoms with Crippen LogP contribution in [0, 0.1) is 5.92 Å². The average molecular weight is 448 g/mol. The number of carbonyl (C=O) groups is 2. The summed E-state index contributed by atoms with van der Waals surface area (Å²) in [5, 5.41) is 3.96. The van der Waals surface area contributed by atoms with Crippen molar-refractivity contribution in [2.24, 2.45) is 5.92 Å². The van der Waals surface area contributed by atoms with Gasteiger partial charge in [-0.15, -0.1) is 0 Å². The highest BCUT2D eigenvalue weighted by Crippen LogP contribution is 2.36. The van der Waals surface area contributed by atoms with Crippen LogP contribution < -0.4 is 5.32 Å². The quantitative estimate of drug-likeness (QED) is 0.678. The van der Waals surface area contributed by atoms with E-state index in [4.69, 9.17) is 11.6 Å². The minimum Gasteiger partial charge on any atom is -0.353 e. The van der Waals surface area contributed by atoms with Crippen molar-refractivity contribution in [3.8, 4) is 0 Å². The van der Waals surface area contributed by atoms with Gasteiger partial charge in [0.2, 0.25) is 11.8 Å². The Bertz CT molecular complexity index is 751. The minimum atomic E-state index is 0.0101. The molecule has 1 saturated heterocycles. The molecule has 2 fully saturated rings. The number of piperidine rings is 1. The van der Waals surface area contributed by atoms with Crippen molar-refractivity contribution in [2.45, 2.75) is 76.3 Å². The molecule has 1 heterocycles. The zero-order chi connectivity index (χ0) is 22.4. The van der Waals surface area contributed by atoms with Crippen LogP contribution in [0.3, 0.4) is 0 Å². The van der Waals surface area contributed by atoms with Gasteiger partial charge in [0.15, 0.2) is 0 Å². The predicted molar refractivity (Wildman–Crippen MR) is 126 cm³/mol. The van der Waals surface area contributed by atoms with Gasteiger partial charge in [-0.25, -0.2) is 0 Å². The molecule has 1 N–H and O–H groups in total. The lowest BCUT2D eigenvalue weighted by atomic mass is 9.75. The van der Waals surface area contributed by atoms with E-state index in [0.29, 0.717) is 18.8 Å². The molecule has 1 aromatic carbocycles. The molecular formula is C25H38ClN3O2. The van der Waals surface area contributed by atoms with Gasteiger partial charge < -0.3 is 15.1 Å². The van der Waals surface area contributed by atoms with E-state index in [-0.39, 0.29) is 23.4 Å². The van der Waals surface area contributed by atoms with Crippen molar-refractivity contribution in [1.29, 1.82) is 0 Å². The van der Waals surface area contributed by atoms with E-state index in [0.717, 1.165) is 63.1 Å². The van der Waals surface area contributed by atoms with Crippen molar-refractivity contribution in [1.82, 2.24) is 15.1 Å². The van der Waals surface area contributed by atoms with E-state index in [1.807, 2.05) is 17.0 Å². The smallest absolute Gasteiger partial charge is 0.223 e. The molecule has 0 aromatic heterocycles. The first-order valence-corrected chi connectivity index (χ1v) is 12.1. The maximum absolute atomic E-state index is 12.5. The number of hydrogen-bond donors (Lipinski definition) is 1. The van der Waals surface area contributed by atoms with Crippen LogP contribution in [0.5, 0.6) is 0 Å². The summed E-state index contributed by atoms with van der Waals surface area (Å²) < 4.78 is 0. The Labute approximate surface area is 192 Å². The van der Waals surface area contributed by atoms with Gasteiger partial charge in [0.1, 0.15) is 0 Å². The van der Waals surface area contributed by atoms with Crippen LogP contribution in [0.2, 0.25) is 5.02 Å². The highest BCUT2D eigenvalue weighted by Gasteiger charge is 2.37. The van der Waals surface area contributed by atoms with E-state index in [9.17, 15) is 9.59 Å². The fourth-order valence-electron chi connectivity index (χ4n) is 5.04. The molecule has 0 unspecified atom stereocenters. The highest BCUT2D eigenvalue weighted by atomic mass is 35.5. The molecule has 0 spiro atoms. The number of halogens is 1.